The lowest BCUT2D eigenvalue weighted by atomic mass is 10.0. The van der Waals surface area contributed by atoms with Crippen LogP contribution < -0.4 is 15.5 Å². The van der Waals surface area contributed by atoms with E-state index in [4.69, 9.17) is 5.73 Å². The van der Waals surface area contributed by atoms with Crippen molar-refractivity contribution in [2.45, 2.75) is 6.42 Å². The number of hydrogen-bond acceptors (Lipinski definition) is 4. The molecule has 0 aliphatic rings. The minimum Gasteiger partial charge on any atom is -0.330 e. The minimum atomic E-state index is 0.609. The number of nitrogens with zero attached hydrogens (tertiary/aromatic N) is 5. The van der Waals surface area contributed by atoms with Crippen LogP contribution in [-0.4, -0.2) is 15.7 Å². The zero-order chi connectivity index (χ0) is 46.3. The summed E-state index contributed by atoms with van der Waals surface area (Å²) in [6, 6.07) is 88.5. The van der Waals surface area contributed by atoms with Gasteiger partial charge in [-0.15, -0.1) is 0 Å². The van der Waals surface area contributed by atoms with Crippen molar-refractivity contribution in [3.05, 3.63) is 254 Å². The van der Waals surface area contributed by atoms with Crippen LogP contribution in [0.5, 0.6) is 0 Å². The largest absolute Gasteiger partial charge is 0.330 e. The van der Waals surface area contributed by atoms with Crippen LogP contribution in [0.4, 0.5) is 34.1 Å². The van der Waals surface area contributed by atoms with Gasteiger partial charge in [0.25, 0.3) is 0 Å². The van der Waals surface area contributed by atoms with Crippen LogP contribution in [0, 0.1) is 11.3 Å². The van der Waals surface area contributed by atoms with Gasteiger partial charge in [0.15, 0.2) is 0 Å². The van der Waals surface area contributed by atoms with Crippen molar-refractivity contribution in [1.29, 1.82) is 5.26 Å². The van der Waals surface area contributed by atoms with Gasteiger partial charge in [0, 0.05) is 67.0 Å². The molecule has 0 unspecified atom stereocenters. The van der Waals surface area contributed by atoms with Crippen molar-refractivity contribution in [3.8, 4) is 28.6 Å². The first kappa shape index (κ1) is 41.3. The highest BCUT2D eigenvalue weighted by molar-refractivity contribution is 6.12. The fraction of sp³-hybridized carbons (Fsp3) is 0.0317. The molecule has 6 heteroatoms. The van der Waals surface area contributed by atoms with Crippen molar-refractivity contribution in [2.75, 3.05) is 16.3 Å². The molecule has 2 aromatic heterocycles. The molecule has 328 valence electrons. The molecule has 0 spiro atoms. The SMILES string of the molecule is N#Cc1ccc(N(c2ccc(-c3ccc(N(c4ccc(CCN)cc4)c4ccc5c(c4)c4ccccc4n5-c4ccccc4)cc3)cc2)c2ccc3c(c2)c2ccccc2n3-c2ccccc2)cc1. The van der Waals surface area contributed by atoms with Crippen molar-refractivity contribution in [1.82, 2.24) is 9.13 Å². The summed E-state index contributed by atoms with van der Waals surface area (Å²) in [5.41, 5.74) is 23.1. The highest BCUT2D eigenvalue weighted by atomic mass is 15.1. The maximum atomic E-state index is 9.68. The summed E-state index contributed by atoms with van der Waals surface area (Å²) in [5.74, 6) is 0. The summed E-state index contributed by atoms with van der Waals surface area (Å²) in [4.78, 5) is 4.61. The quantitative estimate of drug-likeness (QED) is 0.141. The van der Waals surface area contributed by atoms with E-state index in [9.17, 15) is 5.26 Å². The van der Waals surface area contributed by atoms with Crippen molar-refractivity contribution >= 4 is 77.7 Å². The fourth-order valence-electron chi connectivity index (χ4n) is 10.1. The highest BCUT2D eigenvalue weighted by Crippen LogP contribution is 2.43. The van der Waals surface area contributed by atoms with Crippen molar-refractivity contribution in [3.63, 3.8) is 0 Å². The molecule has 0 aliphatic carbocycles. The minimum absolute atomic E-state index is 0.609. The first-order valence-electron chi connectivity index (χ1n) is 23.4. The van der Waals surface area contributed by atoms with Gasteiger partial charge in [-0.3, -0.25) is 0 Å². The first-order chi connectivity index (χ1) is 34.1. The molecule has 0 aliphatic heterocycles. The fourth-order valence-corrected chi connectivity index (χ4v) is 10.1. The summed E-state index contributed by atoms with van der Waals surface area (Å²) >= 11 is 0. The van der Waals surface area contributed by atoms with Gasteiger partial charge in [0.2, 0.25) is 0 Å². The molecule has 2 N–H and O–H groups in total. The maximum absolute atomic E-state index is 9.68. The monoisotopic (exact) mass is 886 g/mol. The molecule has 0 saturated heterocycles. The number of rotatable bonds is 11. The third-order valence-corrected chi connectivity index (χ3v) is 13.3. The van der Waals surface area contributed by atoms with Crippen LogP contribution in [0.15, 0.2) is 243 Å². The molecule has 10 aromatic carbocycles. The molecule has 6 nitrogen and oxygen atoms in total. The molecule has 12 rings (SSSR count). The summed E-state index contributed by atoms with van der Waals surface area (Å²) in [7, 11) is 0. The lowest BCUT2D eigenvalue weighted by Gasteiger charge is -2.26. The van der Waals surface area contributed by atoms with E-state index in [1.54, 1.807) is 0 Å². The van der Waals surface area contributed by atoms with Crippen LogP contribution in [0.1, 0.15) is 11.1 Å². The third-order valence-electron chi connectivity index (χ3n) is 13.3. The average molecular weight is 887 g/mol. The Hall–Kier alpha value is -9.15. The van der Waals surface area contributed by atoms with Crippen molar-refractivity contribution < 1.29 is 0 Å². The van der Waals surface area contributed by atoms with E-state index >= 15 is 0 Å². The maximum Gasteiger partial charge on any atom is 0.0991 e. The number of para-hydroxylation sites is 4. The molecule has 69 heavy (non-hydrogen) atoms. The molecule has 0 bridgehead atoms. The van der Waals surface area contributed by atoms with E-state index in [0.717, 1.165) is 79.6 Å². The second-order valence-corrected chi connectivity index (χ2v) is 17.4. The van der Waals surface area contributed by atoms with Gasteiger partial charge in [-0.2, -0.15) is 5.26 Å². The number of anilines is 6. The number of nitriles is 1. The van der Waals surface area contributed by atoms with Crippen LogP contribution in [-0.2, 0) is 6.42 Å². The Balaban J connectivity index is 0.916. The Labute approximate surface area is 401 Å². The predicted molar refractivity (Wildman–Crippen MR) is 287 cm³/mol. The number of nitrogens with two attached hydrogens (primary N) is 1. The molecular formula is C63H46N6. The van der Waals surface area contributed by atoms with Gasteiger partial charge in [-0.1, -0.05) is 109 Å². The lowest BCUT2D eigenvalue weighted by molar-refractivity contribution is 0.968. The molecule has 0 saturated carbocycles. The lowest BCUT2D eigenvalue weighted by Crippen LogP contribution is -2.10. The van der Waals surface area contributed by atoms with E-state index in [1.807, 2.05) is 24.3 Å². The molecule has 12 aromatic rings. The number of benzene rings is 10. The Bertz CT molecular complexity index is 3830. The predicted octanol–water partition coefficient (Wildman–Crippen LogP) is 15.9. The molecule has 0 atom stereocenters. The van der Waals surface area contributed by atoms with E-state index in [-0.39, 0.29) is 0 Å². The van der Waals surface area contributed by atoms with Crippen LogP contribution in [0.3, 0.4) is 0 Å². The van der Waals surface area contributed by atoms with E-state index in [1.165, 1.54) is 32.6 Å². The number of aromatic nitrogens is 2. The van der Waals surface area contributed by atoms with Gasteiger partial charge in [-0.25, -0.2) is 0 Å². The van der Waals surface area contributed by atoms with Crippen molar-refractivity contribution in [2.24, 2.45) is 5.73 Å². The summed E-state index contributed by atoms with van der Waals surface area (Å²) in [6.45, 7) is 0.609. The molecule has 0 amide bonds. The van der Waals surface area contributed by atoms with Crippen LogP contribution >= 0.6 is 0 Å². The van der Waals surface area contributed by atoms with Gasteiger partial charge < -0.3 is 24.7 Å². The van der Waals surface area contributed by atoms with E-state index in [2.05, 4.69) is 243 Å². The summed E-state index contributed by atoms with van der Waals surface area (Å²) < 4.78 is 4.69. The van der Waals surface area contributed by atoms with Crippen LogP contribution in [0.25, 0.3) is 66.1 Å². The number of fused-ring (bicyclic) bond motifs is 6. The Morgan fingerprint density at radius 1 is 0.362 bits per heavy atom. The average Bonchev–Trinajstić information content (AvgIpc) is 3.93. The second kappa shape index (κ2) is 17.6. The summed E-state index contributed by atoms with van der Waals surface area (Å²) in [6.07, 6.45) is 0.833. The zero-order valence-electron chi connectivity index (χ0n) is 37.8. The molecule has 0 radical (unpaired) electrons. The normalized spacial score (nSPS) is 11.4. The third kappa shape index (κ3) is 7.44. The number of hydrogen-bond donors (Lipinski definition) is 1. The second-order valence-electron chi connectivity index (χ2n) is 17.4. The Kier molecular flexibility index (Phi) is 10.5. The zero-order valence-corrected chi connectivity index (χ0v) is 37.8. The molecule has 2 heterocycles. The van der Waals surface area contributed by atoms with E-state index in [0.29, 0.717) is 12.1 Å². The Morgan fingerprint density at radius 3 is 1.14 bits per heavy atom. The van der Waals surface area contributed by atoms with Gasteiger partial charge in [0.05, 0.1) is 33.7 Å². The van der Waals surface area contributed by atoms with Gasteiger partial charge in [-0.05, 0) is 163 Å². The first-order valence-corrected chi connectivity index (χ1v) is 23.4. The van der Waals surface area contributed by atoms with E-state index < -0.39 is 0 Å². The van der Waals surface area contributed by atoms with Gasteiger partial charge >= 0.3 is 0 Å². The smallest absolute Gasteiger partial charge is 0.0991 e. The summed E-state index contributed by atoms with van der Waals surface area (Å²) in [5, 5.41) is 14.5. The highest BCUT2D eigenvalue weighted by Gasteiger charge is 2.20. The molecular weight excluding hydrogens is 841 g/mol. The Morgan fingerprint density at radius 2 is 0.725 bits per heavy atom. The van der Waals surface area contributed by atoms with Gasteiger partial charge in [0.1, 0.15) is 0 Å². The molecule has 0 fully saturated rings. The van der Waals surface area contributed by atoms with Crippen LogP contribution in [0.2, 0.25) is 0 Å². The standard InChI is InChI=1S/C63H46N6/c64-40-39-44-19-27-50(28-20-44)66(54-35-37-62-58(41-54)56-15-7-9-17-60(56)68(62)48-11-3-1-4-12-48)52-31-23-46(24-32-52)47-25-33-53(34-26-47)67(51-29-21-45(43-65)22-30-51)55-36-38-63-59(42-55)57-16-8-10-18-61(57)69(63)49-13-5-2-6-14-49/h1-38,41-42H,39-40,64H2. The topological polar surface area (TPSA) is 66.2 Å².